The highest BCUT2D eigenvalue weighted by atomic mass is 16.3. The van der Waals surface area contributed by atoms with Gasteiger partial charge in [-0.25, -0.2) is 4.79 Å². The van der Waals surface area contributed by atoms with Crippen LogP contribution >= 0.6 is 0 Å². The van der Waals surface area contributed by atoms with Crippen LogP contribution in [0.1, 0.15) is 35.7 Å². The van der Waals surface area contributed by atoms with Crippen molar-refractivity contribution in [1.29, 1.82) is 0 Å². The zero-order valence-electron chi connectivity index (χ0n) is 13.8. The highest BCUT2D eigenvalue weighted by Gasteiger charge is 2.21. The van der Waals surface area contributed by atoms with Crippen LogP contribution in [-0.2, 0) is 0 Å². The average Bonchev–Trinajstić information content (AvgIpc) is 2.55. The number of likely N-dealkylation sites (tertiary alicyclic amines) is 1. The van der Waals surface area contributed by atoms with Crippen LogP contribution in [0, 0.1) is 12.8 Å². The molecule has 3 N–H and O–H groups in total. The average molecular weight is 319 g/mol. The van der Waals surface area contributed by atoms with Gasteiger partial charge in [0.2, 0.25) is 0 Å². The summed E-state index contributed by atoms with van der Waals surface area (Å²) in [6.45, 7) is 5.79. The van der Waals surface area contributed by atoms with Gasteiger partial charge >= 0.3 is 6.03 Å². The van der Waals surface area contributed by atoms with Gasteiger partial charge in [0.25, 0.3) is 5.91 Å². The molecule has 1 aliphatic rings. The van der Waals surface area contributed by atoms with Gasteiger partial charge in [0.05, 0.1) is 6.61 Å². The molecule has 0 bridgehead atoms. The van der Waals surface area contributed by atoms with Gasteiger partial charge in [-0.2, -0.15) is 0 Å². The van der Waals surface area contributed by atoms with E-state index in [9.17, 15) is 9.59 Å². The fourth-order valence-electron chi connectivity index (χ4n) is 2.67. The summed E-state index contributed by atoms with van der Waals surface area (Å²) in [5.74, 6) is 0.737. The van der Waals surface area contributed by atoms with E-state index in [0.717, 1.165) is 31.5 Å². The number of amides is 3. The number of anilines is 1. The first-order chi connectivity index (χ1) is 11.0. The Hall–Kier alpha value is -2.08. The second-order valence-corrected chi connectivity index (χ2v) is 6.11. The van der Waals surface area contributed by atoms with Crippen LogP contribution in [0.3, 0.4) is 0 Å². The smallest absolute Gasteiger partial charge is 0.319 e. The number of hydrogen-bond donors (Lipinski definition) is 3. The van der Waals surface area contributed by atoms with Crippen molar-refractivity contribution in [3.8, 4) is 0 Å². The van der Waals surface area contributed by atoms with Crippen LogP contribution in [0.4, 0.5) is 10.5 Å². The predicted octanol–water partition coefficient (Wildman–Crippen LogP) is 1.98. The Balaban J connectivity index is 2.01. The van der Waals surface area contributed by atoms with Crippen LogP contribution in [0.15, 0.2) is 18.2 Å². The number of piperidine rings is 1. The molecule has 6 nitrogen and oxygen atoms in total. The molecule has 126 valence electrons. The lowest BCUT2D eigenvalue weighted by molar-refractivity contribution is 0.0697. The first kappa shape index (κ1) is 17.3. The third-order valence-corrected chi connectivity index (χ3v) is 4.19. The number of benzene rings is 1. The summed E-state index contributed by atoms with van der Waals surface area (Å²) in [6, 6.07) is 4.93. The van der Waals surface area contributed by atoms with Crippen molar-refractivity contribution in [3.63, 3.8) is 0 Å². The number of carbonyl (C=O) groups is 2. The second-order valence-electron chi connectivity index (χ2n) is 6.11. The number of nitrogens with zero attached hydrogens (tertiary/aromatic N) is 1. The van der Waals surface area contributed by atoms with Gasteiger partial charge in [0.1, 0.15) is 0 Å². The lowest BCUT2D eigenvalue weighted by Crippen LogP contribution is -2.38. The quantitative estimate of drug-likeness (QED) is 0.794. The summed E-state index contributed by atoms with van der Waals surface area (Å²) in [5, 5.41) is 13.9. The molecule has 6 heteroatoms. The van der Waals surface area contributed by atoms with Gasteiger partial charge in [-0.05, 0) is 49.4 Å². The molecular formula is C17H25N3O3. The Morgan fingerprint density at radius 1 is 1.30 bits per heavy atom. The SMILES string of the molecule is Cc1cc(C(=O)N2CCC(C)CC2)ccc1NC(=O)NCCO. The van der Waals surface area contributed by atoms with Crippen LogP contribution in [-0.4, -0.2) is 48.2 Å². The zero-order chi connectivity index (χ0) is 16.8. The van der Waals surface area contributed by atoms with Crippen LogP contribution in [0.25, 0.3) is 0 Å². The van der Waals surface area contributed by atoms with E-state index < -0.39 is 0 Å². The Kier molecular flexibility index (Phi) is 5.98. The van der Waals surface area contributed by atoms with Crippen LogP contribution < -0.4 is 10.6 Å². The largest absolute Gasteiger partial charge is 0.395 e. The number of aryl methyl sites for hydroxylation is 1. The monoisotopic (exact) mass is 319 g/mol. The predicted molar refractivity (Wildman–Crippen MR) is 89.6 cm³/mol. The highest BCUT2D eigenvalue weighted by Crippen LogP contribution is 2.21. The van der Waals surface area contributed by atoms with Gasteiger partial charge in [-0.15, -0.1) is 0 Å². The molecule has 0 aromatic heterocycles. The lowest BCUT2D eigenvalue weighted by Gasteiger charge is -2.30. The molecule has 0 spiro atoms. The van der Waals surface area contributed by atoms with Gasteiger partial charge in [0.15, 0.2) is 0 Å². The maximum atomic E-state index is 12.5. The molecule has 0 atom stereocenters. The fourth-order valence-corrected chi connectivity index (χ4v) is 2.67. The molecule has 1 fully saturated rings. The van der Waals surface area contributed by atoms with E-state index in [4.69, 9.17) is 5.11 Å². The topological polar surface area (TPSA) is 81.7 Å². The normalized spacial score (nSPS) is 15.3. The number of aliphatic hydroxyl groups excluding tert-OH is 1. The van der Waals surface area contributed by atoms with Gasteiger partial charge < -0.3 is 20.6 Å². The molecule has 23 heavy (non-hydrogen) atoms. The number of urea groups is 1. The number of rotatable bonds is 4. The van der Waals surface area contributed by atoms with Gasteiger partial charge in [-0.1, -0.05) is 6.92 Å². The number of aliphatic hydroxyl groups is 1. The third kappa shape index (κ3) is 4.69. The number of carbonyl (C=O) groups excluding carboxylic acids is 2. The Morgan fingerprint density at radius 3 is 2.61 bits per heavy atom. The molecule has 3 amide bonds. The highest BCUT2D eigenvalue weighted by molar-refractivity contribution is 5.96. The van der Waals surface area contributed by atoms with Crippen molar-refractivity contribution in [2.45, 2.75) is 26.7 Å². The first-order valence-corrected chi connectivity index (χ1v) is 8.07. The van der Waals surface area contributed by atoms with Crippen molar-refractivity contribution < 1.29 is 14.7 Å². The Morgan fingerprint density at radius 2 is 2.00 bits per heavy atom. The van der Waals surface area contributed by atoms with E-state index in [-0.39, 0.29) is 25.1 Å². The molecule has 0 saturated carbocycles. The molecule has 1 saturated heterocycles. The minimum atomic E-state index is -0.369. The maximum absolute atomic E-state index is 12.5. The van der Waals surface area contributed by atoms with E-state index in [1.807, 2.05) is 17.9 Å². The molecule has 1 aromatic rings. The molecule has 1 aliphatic heterocycles. The summed E-state index contributed by atoms with van der Waals surface area (Å²) in [6.07, 6.45) is 2.10. The minimum absolute atomic E-state index is 0.0521. The summed E-state index contributed by atoms with van der Waals surface area (Å²) in [7, 11) is 0. The summed E-state index contributed by atoms with van der Waals surface area (Å²) >= 11 is 0. The van der Waals surface area contributed by atoms with E-state index >= 15 is 0 Å². The Bertz CT molecular complexity index is 566. The van der Waals surface area contributed by atoms with Crippen molar-refractivity contribution in [1.82, 2.24) is 10.2 Å². The molecule has 0 aliphatic carbocycles. The van der Waals surface area contributed by atoms with Crippen molar-refractivity contribution in [3.05, 3.63) is 29.3 Å². The first-order valence-electron chi connectivity index (χ1n) is 8.07. The zero-order valence-corrected chi connectivity index (χ0v) is 13.8. The summed E-state index contributed by atoms with van der Waals surface area (Å²) < 4.78 is 0. The number of nitrogens with one attached hydrogen (secondary N) is 2. The Labute approximate surface area is 136 Å². The minimum Gasteiger partial charge on any atom is -0.395 e. The molecule has 1 aromatic carbocycles. The van der Waals surface area contributed by atoms with Gasteiger partial charge in [0, 0.05) is 30.9 Å². The second kappa shape index (κ2) is 7.97. The third-order valence-electron chi connectivity index (χ3n) is 4.19. The molecule has 1 heterocycles. The van der Waals surface area contributed by atoms with E-state index in [1.54, 1.807) is 12.1 Å². The van der Waals surface area contributed by atoms with E-state index in [0.29, 0.717) is 17.2 Å². The lowest BCUT2D eigenvalue weighted by atomic mass is 9.98. The van der Waals surface area contributed by atoms with Crippen molar-refractivity contribution >= 4 is 17.6 Å². The standard InChI is InChI=1S/C17H25N3O3/c1-12-5-8-20(9-6-12)16(22)14-3-4-15(13(2)11-14)19-17(23)18-7-10-21/h3-4,11-12,21H,5-10H2,1-2H3,(H2,18,19,23). The molecule has 0 radical (unpaired) electrons. The molecular weight excluding hydrogens is 294 g/mol. The van der Waals surface area contributed by atoms with E-state index in [1.165, 1.54) is 0 Å². The fraction of sp³-hybridized carbons (Fsp3) is 0.529. The van der Waals surface area contributed by atoms with Crippen molar-refractivity contribution in [2.75, 3.05) is 31.6 Å². The van der Waals surface area contributed by atoms with E-state index in [2.05, 4.69) is 17.6 Å². The molecule has 2 rings (SSSR count). The van der Waals surface area contributed by atoms with Crippen LogP contribution in [0.5, 0.6) is 0 Å². The van der Waals surface area contributed by atoms with Gasteiger partial charge in [-0.3, -0.25) is 4.79 Å². The number of hydrogen-bond acceptors (Lipinski definition) is 3. The van der Waals surface area contributed by atoms with Crippen molar-refractivity contribution in [2.24, 2.45) is 5.92 Å². The molecule has 0 unspecified atom stereocenters. The maximum Gasteiger partial charge on any atom is 0.319 e. The van der Waals surface area contributed by atoms with Crippen LogP contribution in [0.2, 0.25) is 0 Å². The summed E-state index contributed by atoms with van der Waals surface area (Å²) in [5.41, 5.74) is 2.14. The summed E-state index contributed by atoms with van der Waals surface area (Å²) in [4.78, 5) is 26.0.